The van der Waals surface area contributed by atoms with Crippen molar-refractivity contribution < 1.29 is 73.4 Å². The Bertz CT molecular complexity index is 1360. The van der Waals surface area contributed by atoms with Gasteiger partial charge in [0.05, 0.1) is 24.4 Å². The van der Waals surface area contributed by atoms with Crippen LogP contribution in [0.1, 0.15) is 72.1 Å². The van der Waals surface area contributed by atoms with Gasteiger partial charge >= 0.3 is 5.97 Å². The van der Waals surface area contributed by atoms with E-state index in [0.717, 1.165) is 50.5 Å². The van der Waals surface area contributed by atoms with Crippen molar-refractivity contribution in [2.75, 3.05) is 20.3 Å². The summed E-state index contributed by atoms with van der Waals surface area (Å²) in [6, 6.07) is 0. The zero-order chi connectivity index (χ0) is 37.3. The number of rotatable bonds is 9. The molecular formula is C37H56O15. The van der Waals surface area contributed by atoms with Crippen LogP contribution in [0.25, 0.3) is 0 Å². The molecule has 7 aliphatic rings. The van der Waals surface area contributed by atoms with E-state index in [-0.39, 0.29) is 35.9 Å². The monoisotopic (exact) mass is 740 g/mol. The van der Waals surface area contributed by atoms with Gasteiger partial charge < -0.3 is 63.8 Å². The number of hydrogen-bond acceptors (Lipinski definition) is 15. The molecule has 0 aromatic carbocycles. The van der Waals surface area contributed by atoms with Crippen molar-refractivity contribution in [3.63, 3.8) is 0 Å². The Labute approximate surface area is 303 Å². The second-order valence-electron chi connectivity index (χ2n) is 16.9. The minimum absolute atomic E-state index is 0.00113. The molecule has 3 heterocycles. The van der Waals surface area contributed by atoms with E-state index in [9.17, 15) is 40.2 Å². The van der Waals surface area contributed by atoms with Gasteiger partial charge in [-0.3, -0.25) is 4.79 Å². The number of carbonyl (C=O) groups excluding carboxylic acids is 2. The smallest absolute Gasteiger partial charge is 0.331 e. The highest BCUT2D eigenvalue weighted by Crippen LogP contribution is 2.70. The Morgan fingerprint density at radius 3 is 2.35 bits per heavy atom. The van der Waals surface area contributed by atoms with E-state index in [1.54, 1.807) is 6.92 Å². The van der Waals surface area contributed by atoms with E-state index in [2.05, 4.69) is 13.8 Å². The zero-order valence-corrected chi connectivity index (χ0v) is 30.3. The Morgan fingerprint density at radius 1 is 0.923 bits per heavy atom. The molecule has 6 fully saturated rings. The molecule has 15 heteroatoms. The first-order chi connectivity index (χ1) is 24.7. The van der Waals surface area contributed by atoms with E-state index in [1.807, 2.05) is 0 Å². The maximum absolute atomic E-state index is 12.7. The van der Waals surface area contributed by atoms with Crippen LogP contribution in [0.15, 0.2) is 11.6 Å². The second kappa shape index (κ2) is 14.4. The van der Waals surface area contributed by atoms with Crippen LogP contribution in [0.3, 0.4) is 0 Å². The van der Waals surface area contributed by atoms with Crippen LogP contribution >= 0.6 is 0 Å². The van der Waals surface area contributed by atoms with Crippen molar-refractivity contribution in [1.82, 2.24) is 0 Å². The normalized spacial score (nSPS) is 53.3. The lowest BCUT2D eigenvalue weighted by Gasteiger charge is -2.63. The number of hydrogen-bond donors (Lipinski definition) is 6. The quantitative estimate of drug-likeness (QED) is 0.105. The molecule has 0 radical (unpaired) electrons. The molecule has 0 aromatic heterocycles. The van der Waals surface area contributed by atoms with Crippen LogP contribution < -0.4 is 0 Å². The molecule has 4 saturated carbocycles. The van der Waals surface area contributed by atoms with E-state index in [0.29, 0.717) is 18.8 Å². The molecular weight excluding hydrogens is 684 g/mol. The van der Waals surface area contributed by atoms with Crippen molar-refractivity contribution in [3.8, 4) is 0 Å². The van der Waals surface area contributed by atoms with E-state index < -0.39 is 91.1 Å². The van der Waals surface area contributed by atoms with Gasteiger partial charge in [0.15, 0.2) is 12.6 Å². The number of esters is 1. The minimum atomic E-state index is -1.62. The molecule has 7 rings (SSSR count). The van der Waals surface area contributed by atoms with Crippen molar-refractivity contribution in [2.24, 2.45) is 34.5 Å². The summed E-state index contributed by atoms with van der Waals surface area (Å²) in [5.41, 5.74) is -0.945. The summed E-state index contributed by atoms with van der Waals surface area (Å²) < 4.78 is 40.7. The zero-order valence-electron chi connectivity index (χ0n) is 30.3. The lowest BCUT2D eigenvalue weighted by atomic mass is 9.43. The number of fused-ring (bicyclic) bond motifs is 5. The van der Waals surface area contributed by atoms with Crippen LogP contribution in [-0.2, 0) is 42.7 Å². The summed E-state index contributed by atoms with van der Waals surface area (Å²) in [5.74, 6) is -0.155. The average Bonchev–Trinajstić information content (AvgIpc) is 3.63. The first kappa shape index (κ1) is 38.5. The lowest BCUT2D eigenvalue weighted by Crippen LogP contribution is -2.64. The molecule has 3 aliphatic heterocycles. The van der Waals surface area contributed by atoms with Crippen molar-refractivity contribution in [1.29, 1.82) is 0 Å². The van der Waals surface area contributed by atoms with Crippen LogP contribution in [0.2, 0.25) is 0 Å². The van der Waals surface area contributed by atoms with E-state index in [1.165, 1.54) is 13.2 Å². The molecule has 2 saturated heterocycles. The van der Waals surface area contributed by atoms with Crippen LogP contribution in [-0.4, -0.2) is 143 Å². The Hall–Kier alpha value is -1.76. The molecule has 6 N–H and O–H groups in total. The van der Waals surface area contributed by atoms with Gasteiger partial charge in [-0.05, 0) is 80.6 Å². The highest BCUT2D eigenvalue weighted by atomic mass is 16.7. The number of aliphatic hydroxyl groups excluding tert-OH is 5. The molecule has 19 atom stereocenters. The summed E-state index contributed by atoms with van der Waals surface area (Å²) in [4.78, 5) is 23.7. The largest absolute Gasteiger partial charge is 0.464 e. The maximum atomic E-state index is 12.7. The lowest BCUT2D eigenvalue weighted by molar-refractivity contribution is -0.362. The molecule has 52 heavy (non-hydrogen) atoms. The number of ether oxygens (including phenoxy) is 7. The van der Waals surface area contributed by atoms with Crippen molar-refractivity contribution >= 4 is 12.4 Å². The van der Waals surface area contributed by atoms with Gasteiger partial charge in [0.1, 0.15) is 55.4 Å². The third-order valence-electron chi connectivity index (χ3n) is 14.6. The van der Waals surface area contributed by atoms with Gasteiger partial charge in [0.25, 0.3) is 6.47 Å². The van der Waals surface area contributed by atoms with Crippen LogP contribution in [0.4, 0.5) is 0 Å². The SMILES string of the molecule is COC1C(O)C(OC2CCC3(C)C(CCC4C3CCC3(C)C(C5=CC(=O)OC5)C(OC=O)CC43O)C2)OC(C)C1OC1OC(CO)C(O)C(O)C1O. The van der Waals surface area contributed by atoms with Gasteiger partial charge in [-0.25, -0.2) is 4.79 Å². The molecule has 0 amide bonds. The summed E-state index contributed by atoms with van der Waals surface area (Å²) in [6.07, 6.45) is -5.49. The fourth-order valence-electron chi connectivity index (χ4n) is 11.8. The minimum Gasteiger partial charge on any atom is -0.464 e. The first-order valence-corrected chi connectivity index (χ1v) is 18.9. The third kappa shape index (κ3) is 6.06. The molecule has 0 bridgehead atoms. The molecule has 294 valence electrons. The standard InChI is InChI=1S/C37H56O15/c1-17-31(52-33-29(43)28(42)27(41)24(14-38)51-33)32(46-4)30(44)34(49-17)50-20-7-9-35(2)19(12-20)5-6-22-21(35)8-10-36(3)26(18-11-25(40)47-15-18)23(48-16-39)13-37(22,36)45/h11,16-17,19-24,26-34,38,41-45H,5-10,12-15H2,1-4H3. The van der Waals surface area contributed by atoms with Gasteiger partial charge in [-0.1, -0.05) is 13.8 Å². The predicted octanol–water partition coefficient (Wildman–Crippen LogP) is 0.0859. The highest BCUT2D eigenvalue weighted by molar-refractivity contribution is 5.85. The summed E-state index contributed by atoms with van der Waals surface area (Å²) in [7, 11) is 1.41. The molecule has 19 unspecified atom stereocenters. The van der Waals surface area contributed by atoms with Gasteiger partial charge in [0.2, 0.25) is 0 Å². The Kier molecular flexibility index (Phi) is 10.7. The van der Waals surface area contributed by atoms with Gasteiger partial charge in [0, 0.05) is 30.9 Å². The van der Waals surface area contributed by atoms with Crippen molar-refractivity contribution in [2.45, 2.75) is 151 Å². The Balaban J connectivity index is 1.01. The number of aliphatic hydroxyl groups is 6. The number of carbonyl (C=O) groups is 2. The molecule has 0 spiro atoms. The van der Waals surface area contributed by atoms with E-state index in [4.69, 9.17) is 33.2 Å². The van der Waals surface area contributed by atoms with Crippen LogP contribution in [0, 0.1) is 34.5 Å². The van der Waals surface area contributed by atoms with Gasteiger partial charge in [-0.2, -0.15) is 0 Å². The highest BCUT2D eigenvalue weighted by Gasteiger charge is 2.71. The fraction of sp³-hybridized carbons (Fsp3) is 0.892. The summed E-state index contributed by atoms with van der Waals surface area (Å²) in [5, 5.41) is 64.6. The van der Waals surface area contributed by atoms with Gasteiger partial charge in [-0.15, -0.1) is 0 Å². The molecule has 15 nitrogen and oxygen atoms in total. The predicted molar refractivity (Wildman–Crippen MR) is 177 cm³/mol. The fourth-order valence-corrected chi connectivity index (χ4v) is 11.8. The average molecular weight is 741 g/mol. The van der Waals surface area contributed by atoms with E-state index >= 15 is 0 Å². The Morgan fingerprint density at radius 2 is 1.67 bits per heavy atom. The van der Waals surface area contributed by atoms with Crippen molar-refractivity contribution in [3.05, 3.63) is 11.6 Å². The summed E-state index contributed by atoms with van der Waals surface area (Å²) in [6.45, 7) is 6.14. The third-order valence-corrected chi connectivity index (χ3v) is 14.6. The second-order valence-corrected chi connectivity index (χ2v) is 16.9. The topological polar surface area (TPSA) is 220 Å². The maximum Gasteiger partial charge on any atom is 0.331 e. The molecule has 0 aromatic rings. The first-order valence-electron chi connectivity index (χ1n) is 18.9. The number of cyclic esters (lactones) is 1. The number of methoxy groups -OCH3 is 1. The summed E-state index contributed by atoms with van der Waals surface area (Å²) >= 11 is 0. The van der Waals surface area contributed by atoms with Crippen LogP contribution in [0.5, 0.6) is 0 Å². The molecule has 4 aliphatic carbocycles.